The van der Waals surface area contributed by atoms with Crippen molar-refractivity contribution in [3.8, 4) is 23.0 Å². The van der Waals surface area contributed by atoms with Crippen LogP contribution in [0.1, 0.15) is 57.2 Å². The number of nitrogens with zero attached hydrogens (tertiary/aromatic N) is 1. The highest BCUT2D eigenvalue weighted by Gasteiger charge is 2.38. The van der Waals surface area contributed by atoms with E-state index in [0.29, 0.717) is 17.2 Å². The molecule has 3 nitrogen and oxygen atoms in total. The Bertz CT molecular complexity index is 1840. The second-order valence-corrected chi connectivity index (χ2v) is 13.1. The van der Waals surface area contributed by atoms with Gasteiger partial charge in [0.25, 0.3) is 0 Å². The van der Waals surface area contributed by atoms with Gasteiger partial charge in [-0.05, 0) is 95.1 Å². The SMILES string of the molecule is Cc1cc2c(cc1N(c1ccc3c(c1)Oc1ccccc1O3)c1cc(Cl)c3ccccc3c1)C(C)(C)CCC2(C)C. The minimum absolute atomic E-state index is 0.0799. The molecular formula is C37H34ClNO2. The average molecular weight is 560 g/mol. The first kappa shape index (κ1) is 26.0. The Hall–Kier alpha value is -3.95. The van der Waals surface area contributed by atoms with Crippen molar-refractivity contribution in [2.45, 2.75) is 58.3 Å². The first-order valence-corrected chi connectivity index (χ1v) is 14.7. The van der Waals surface area contributed by atoms with Crippen molar-refractivity contribution in [1.29, 1.82) is 0 Å². The zero-order valence-corrected chi connectivity index (χ0v) is 25.0. The molecule has 1 heterocycles. The fourth-order valence-corrected chi connectivity index (χ4v) is 6.70. The summed E-state index contributed by atoms with van der Waals surface area (Å²) >= 11 is 6.92. The monoisotopic (exact) mass is 559 g/mol. The van der Waals surface area contributed by atoms with E-state index in [1.54, 1.807) is 0 Å². The fourth-order valence-electron chi connectivity index (χ4n) is 6.41. The quantitative estimate of drug-likeness (QED) is 0.215. The van der Waals surface area contributed by atoms with Crippen LogP contribution >= 0.6 is 11.6 Å². The summed E-state index contributed by atoms with van der Waals surface area (Å²) in [5.41, 5.74) is 7.42. The molecule has 0 spiro atoms. The van der Waals surface area contributed by atoms with Gasteiger partial charge in [-0.1, -0.05) is 81.8 Å². The molecule has 2 aliphatic rings. The van der Waals surface area contributed by atoms with Crippen LogP contribution in [0.4, 0.5) is 17.1 Å². The van der Waals surface area contributed by atoms with Gasteiger partial charge in [0, 0.05) is 22.8 Å². The lowest BCUT2D eigenvalue weighted by molar-refractivity contribution is 0.332. The van der Waals surface area contributed by atoms with Crippen molar-refractivity contribution in [2.24, 2.45) is 0 Å². The Balaban J connectivity index is 1.45. The molecule has 5 aromatic carbocycles. The topological polar surface area (TPSA) is 21.7 Å². The van der Waals surface area contributed by atoms with Crippen LogP contribution in [0.3, 0.4) is 0 Å². The van der Waals surface area contributed by atoms with Crippen molar-refractivity contribution in [3.05, 3.63) is 113 Å². The van der Waals surface area contributed by atoms with Crippen LogP contribution in [0, 0.1) is 6.92 Å². The van der Waals surface area contributed by atoms with Gasteiger partial charge in [0.1, 0.15) is 0 Å². The predicted molar refractivity (Wildman–Crippen MR) is 170 cm³/mol. The molecule has 206 valence electrons. The van der Waals surface area contributed by atoms with Crippen LogP contribution in [0.15, 0.2) is 91.0 Å². The number of anilines is 3. The van der Waals surface area contributed by atoms with Gasteiger partial charge in [0.2, 0.25) is 0 Å². The van der Waals surface area contributed by atoms with Gasteiger partial charge in [-0.25, -0.2) is 0 Å². The average Bonchev–Trinajstić information content (AvgIpc) is 2.95. The summed E-state index contributed by atoms with van der Waals surface area (Å²) in [6, 6.07) is 31.4. The standard InChI is InChI=1S/C37H34ClNO2/c1-23-18-28-29(37(4,5)17-16-36(28,2)3)22-31(23)39(26-19-24-10-6-7-11-27(24)30(38)20-26)25-14-15-34-35(21-25)41-33-13-9-8-12-32(33)40-34/h6-15,18-22H,16-17H2,1-5H3. The molecule has 1 aliphatic carbocycles. The second kappa shape index (κ2) is 9.29. The third kappa shape index (κ3) is 4.35. The van der Waals surface area contributed by atoms with E-state index in [1.807, 2.05) is 36.4 Å². The molecule has 41 heavy (non-hydrogen) atoms. The normalized spacial score (nSPS) is 16.1. The largest absolute Gasteiger partial charge is 0.450 e. The van der Waals surface area contributed by atoms with Gasteiger partial charge in [-0.2, -0.15) is 0 Å². The van der Waals surface area contributed by atoms with E-state index < -0.39 is 0 Å². The smallest absolute Gasteiger partial charge is 0.172 e. The van der Waals surface area contributed by atoms with E-state index in [-0.39, 0.29) is 10.8 Å². The Morgan fingerprint density at radius 1 is 0.634 bits per heavy atom. The van der Waals surface area contributed by atoms with Gasteiger partial charge in [-0.15, -0.1) is 0 Å². The van der Waals surface area contributed by atoms with E-state index in [4.69, 9.17) is 21.1 Å². The minimum atomic E-state index is 0.0799. The van der Waals surface area contributed by atoms with Gasteiger partial charge in [0.15, 0.2) is 23.0 Å². The highest BCUT2D eigenvalue weighted by atomic mass is 35.5. The number of benzene rings is 5. The Labute approximate surface area is 247 Å². The zero-order valence-electron chi connectivity index (χ0n) is 24.2. The maximum absolute atomic E-state index is 6.92. The van der Waals surface area contributed by atoms with E-state index >= 15 is 0 Å². The van der Waals surface area contributed by atoms with E-state index in [1.165, 1.54) is 23.1 Å². The summed E-state index contributed by atoms with van der Waals surface area (Å²) in [6.45, 7) is 11.7. The zero-order chi connectivity index (χ0) is 28.5. The molecular weight excluding hydrogens is 526 g/mol. The summed E-state index contributed by atoms with van der Waals surface area (Å²) in [5, 5.41) is 2.87. The molecule has 0 amide bonds. The van der Waals surface area contributed by atoms with E-state index in [0.717, 1.165) is 45.0 Å². The first-order chi connectivity index (χ1) is 19.6. The molecule has 0 saturated carbocycles. The maximum atomic E-state index is 6.92. The highest BCUT2D eigenvalue weighted by Crippen LogP contribution is 2.51. The van der Waals surface area contributed by atoms with Crippen molar-refractivity contribution in [3.63, 3.8) is 0 Å². The molecule has 7 rings (SSSR count). The van der Waals surface area contributed by atoms with Crippen LogP contribution in [0.25, 0.3) is 10.8 Å². The van der Waals surface area contributed by atoms with E-state index in [2.05, 4.69) is 94.1 Å². The predicted octanol–water partition coefficient (Wildman–Crippen LogP) is 11.5. The van der Waals surface area contributed by atoms with Crippen molar-refractivity contribution in [2.75, 3.05) is 4.90 Å². The number of rotatable bonds is 3. The van der Waals surface area contributed by atoms with Crippen LogP contribution < -0.4 is 14.4 Å². The third-order valence-electron chi connectivity index (χ3n) is 8.94. The summed E-state index contributed by atoms with van der Waals surface area (Å²) in [6.07, 6.45) is 2.33. The lowest BCUT2D eigenvalue weighted by Gasteiger charge is -2.43. The van der Waals surface area contributed by atoms with Crippen LogP contribution in [0.2, 0.25) is 5.02 Å². The van der Waals surface area contributed by atoms with E-state index in [9.17, 15) is 0 Å². The van der Waals surface area contributed by atoms with Crippen LogP contribution in [-0.2, 0) is 10.8 Å². The molecule has 0 radical (unpaired) electrons. The third-order valence-corrected chi connectivity index (χ3v) is 9.25. The maximum Gasteiger partial charge on any atom is 0.172 e. The summed E-state index contributed by atoms with van der Waals surface area (Å²) in [5.74, 6) is 2.83. The number of hydrogen-bond donors (Lipinski definition) is 0. The Kier molecular flexibility index (Phi) is 5.89. The molecule has 0 saturated heterocycles. The minimum Gasteiger partial charge on any atom is -0.450 e. The van der Waals surface area contributed by atoms with Crippen molar-refractivity contribution in [1.82, 2.24) is 0 Å². The number of fused-ring (bicyclic) bond motifs is 4. The molecule has 1 aliphatic heterocycles. The van der Waals surface area contributed by atoms with Crippen molar-refractivity contribution >= 4 is 39.4 Å². The molecule has 0 fully saturated rings. The summed E-state index contributed by atoms with van der Waals surface area (Å²) in [4.78, 5) is 2.32. The number of aryl methyl sites for hydroxylation is 1. The van der Waals surface area contributed by atoms with Gasteiger partial charge < -0.3 is 14.4 Å². The molecule has 4 heteroatoms. The molecule has 0 atom stereocenters. The van der Waals surface area contributed by atoms with Gasteiger partial charge in [0.05, 0.1) is 10.7 Å². The van der Waals surface area contributed by atoms with Gasteiger partial charge >= 0.3 is 0 Å². The number of halogens is 1. The van der Waals surface area contributed by atoms with Gasteiger partial charge in [-0.3, -0.25) is 0 Å². The number of ether oxygens (including phenoxy) is 2. The molecule has 0 aromatic heterocycles. The molecule has 0 N–H and O–H groups in total. The molecule has 0 unspecified atom stereocenters. The molecule has 5 aromatic rings. The van der Waals surface area contributed by atoms with Crippen LogP contribution in [0.5, 0.6) is 23.0 Å². The van der Waals surface area contributed by atoms with Crippen molar-refractivity contribution < 1.29 is 9.47 Å². The lowest BCUT2D eigenvalue weighted by Crippen LogP contribution is -2.34. The first-order valence-electron chi connectivity index (χ1n) is 14.3. The fraction of sp³-hybridized carbons (Fsp3) is 0.243. The number of hydrogen-bond acceptors (Lipinski definition) is 3. The Morgan fingerprint density at radius 3 is 1.98 bits per heavy atom. The summed E-state index contributed by atoms with van der Waals surface area (Å²) < 4.78 is 12.5. The highest BCUT2D eigenvalue weighted by molar-refractivity contribution is 6.36. The Morgan fingerprint density at radius 2 is 1.24 bits per heavy atom. The number of para-hydroxylation sites is 2. The summed E-state index contributed by atoms with van der Waals surface area (Å²) in [7, 11) is 0. The molecule has 0 bridgehead atoms. The lowest BCUT2D eigenvalue weighted by atomic mass is 9.63. The van der Waals surface area contributed by atoms with Crippen LogP contribution in [-0.4, -0.2) is 0 Å². The second-order valence-electron chi connectivity index (χ2n) is 12.7.